The third-order valence-corrected chi connectivity index (χ3v) is 4.86. The molecule has 0 spiro atoms. The van der Waals surface area contributed by atoms with E-state index >= 15 is 0 Å². The van der Waals surface area contributed by atoms with Crippen LogP contribution in [-0.4, -0.2) is 50.0 Å². The van der Waals surface area contributed by atoms with Crippen molar-refractivity contribution in [3.8, 4) is 0 Å². The van der Waals surface area contributed by atoms with Gasteiger partial charge < -0.3 is 8.92 Å². The second-order valence-electron chi connectivity index (χ2n) is 6.48. The van der Waals surface area contributed by atoms with Crippen LogP contribution in [0.15, 0.2) is 11.3 Å². The highest BCUT2D eigenvalue weighted by atomic mass is 32.2. The summed E-state index contributed by atoms with van der Waals surface area (Å²) in [7, 11) is -5.73. The van der Waals surface area contributed by atoms with E-state index in [0.29, 0.717) is 18.5 Å². The molecule has 0 aromatic carbocycles. The number of esters is 1. The molecule has 0 saturated heterocycles. The third kappa shape index (κ3) is 8.08. The highest BCUT2D eigenvalue weighted by Gasteiger charge is 2.49. The van der Waals surface area contributed by atoms with E-state index < -0.39 is 27.4 Å². The van der Waals surface area contributed by atoms with Gasteiger partial charge in [-0.2, -0.15) is 21.6 Å². The van der Waals surface area contributed by atoms with Gasteiger partial charge >= 0.3 is 21.6 Å². The van der Waals surface area contributed by atoms with Crippen LogP contribution in [0, 0.1) is 0 Å². The largest absolute Gasteiger partial charge is 0.534 e. The second-order valence-corrected chi connectivity index (χ2v) is 8.01. The quantitative estimate of drug-likeness (QED) is 0.354. The molecule has 1 aliphatic rings. The van der Waals surface area contributed by atoms with E-state index in [9.17, 15) is 26.4 Å². The first kappa shape index (κ1) is 25.7. The zero-order valence-corrected chi connectivity index (χ0v) is 17.5. The Kier molecular flexibility index (Phi) is 10.4. The number of carbonyl (C=O) groups excluding carboxylic acids is 1. The number of alkyl halides is 3. The molecule has 0 unspecified atom stereocenters. The Morgan fingerprint density at radius 1 is 1.11 bits per heavy atom. The summed E-state index contributed by atoms with van der Waals surface area (Å²) in [5, 5.41) is 0. The van der Waals surface area contributed by atoms with E-state index in [1.54, 1.807) is 0 Å². The molecule has 0 bridgehead atoms. The molecule has 1 aliphatic carbocycles. The number of allylic oxidation sites excluding steroid dienone is 1. The zero-order valence-electron chi connectivity index (χ0n) is 16.7. The lowest BCUT2D eigenvalue weighted by atomic mass is 10.2. The maximum Gasteiger partial charge on any atom is 0.534 e. The molecule has 0 aliphatic heterocycles. The molecule has 0 N–H and O–H groups in total. The Labute approximate surface area is 159 Å². The van der Waals surface area contributed by atoms with Gasteiger partial charge in [-0.05, 0) is 54.0 Å². The lowest BCUT2D eigenvalue weighted by Gasteiger charge is -2.28. The number of carbonyl (C=O) groups is 1. The van der Waals surface area contributed by atoms with Crippen LogP contribution in [0.25, 0.3) is 0 Å². The Morgan fingerprint density at radius 3 is 1.96 bits per heavy atom. The van der Waals surface area contributed by atoms with Crippen LogP contribution in [0.5, 0.6) is 0 Å². The Bertz CT molecular complexity index is 605. The number of halogens is 3. The van der Waals surface area contributed by atoms with Crippen molar-refractivity contribution < 1.29 is 35.3 Å². The third-order valence-electron chi connectivity index (χ3n) is 3.87. The van der Waals surface area contributed by atoms with Gasteiger partial charge in [0.2, 0.25) is 0 Å². The normalized spacial score (nSPS) is 15.3. The van der Waals surface area contributed by atoms with Crippen molar-refractivity contribution >= 4 is 16.1 Å². The fraction of sp³-hybridized carbons (Fsp3) is 0.824. The van der Waals surface area contributed by atoms with Crippen molar-refractivity contribution in [3.05, 3.63) is 11.3 Å². The first-order valence-electron chi connectivity index (χ1n) is 8.94. The average Bonchev–Trinajstić information content (AvgIpc) is 2.94. The molecular weight excluding hydrogens is 387 g/mol. The number of hydrogen-bond acceptors (Lipinski definition) is 6. The summed E-state index contributed by atoms with van der Waals surface area (Å²) in [6.07, 6.45) is 0.446. The lowest BCUT2D eigenvalue weighted by molar-refractivity contribution is -0.138. The van der Waals surface area contributed by atoms with E-state index in [2.05, 4.69) is 48.4 Å². The highest BCUT2D eigenvalue weighted by molar-refractivity contribution is 7.87. The fourth-order valence-corrected chi connectivity index (χ4v) is 3.29. The molecular formula is C17H30F3NO5S. The minimum absolute atomic E-state index is 0.0382. The summed E-state index contributed by atoms with van der Waals surface area (Å²) in [4.78, 5) is 13.8. The molecule has 0 heterocycles. The summed E-state index contributed by atoms with van der Waals surface area (Å²) in [6, 6.07) is 1.38. The van der Waals surface area contributed by atoms with Crippen LogP contribution in [0.4, 0.5) is 13.2 Å². The van der Waals surface area contributed by atoms with Crippen molar-refractivity contribution in [1.82, 2.24) is 4.90 Å². The van der Waals surface area contributed by atoms with Gasteiger partial charge in [0.1, 0.15) is 5.76 Å². The van der Waals surface area contributed by atoms with Gasteiger partial charge in [-0.15, -0.1) is 0 Å². The van der Waals surface area contributed by atoms with Crippen molar-refractivity contribution in [2.24, 2.45) is 0 Å². The lowest BCUT2D eigenvalue weighted by Crippen LogP contribution is -2.36. The van der Waals surface area contributed by atoms with E-state index in [1.807, 2.05) is 0 Å². The van der Waals surface area contributed by atoms with Crippen LogP contribution in [-0.2, 0) is 23.8 Å². The van der Waals surface area contributed by atoms with Crippen LogP contribution in [0.3, 0.4) is 0 Å². The first-order chi connectivity index (χ1) is 12.3. The van der Waals surface area contributed by atoms with Crippen molar-refractivity contribution in [2.45, 2.75) is 78.4 Å². The van der Waals surface area contributed by atoms with Crippen LogP contribution in [0.2, 0.25) is 0 Å². The molecule has 6 nitrogen and oxygen atoms in total. The summed E-state index contributed by atoms with van der Waals surface area (Å²) in [5.74, 6) is -1.33. The van der Waals surface area contributed by atoms with E-state index in [1.165, 1.54) is 6.92 Å². The average molecular weight is 417 g/mol. The molecule has 0 amide bonds. The minimum Gasteiger partial charge on any atom is -0.463 e. The highest BCUT2D eigenvalue weighted by Crippen LogP contribution is 2.33. The van der Waals surface area contributed by atoms with Crippen LogP contribution < -0.4 is 0 Å². The standard InChI is InChI=1S/C9H11F3O5S.C8H19N/c1-2-16-8(13)6-4-3-5-7(6)17-18(14,15)9(10,11)12;1-6-9(7(2)3)8(4)5/h2-5H2,1H3;7-8H,6H2,1-5H3. The second kappa shape index (κ2) is 10.9. The Hall–Kier alpha value is -1.29. The number of rotatable bonds is 7. The zero-order chi connectivity index (χ0) is 21.4. The predicted octanol–water partition coefficient (Wildman–Crippen LogP) is 3.98. The number of hydrogen-bond donors (Lipinski definition) is 0. The molecule has 0 aromatic heterocycles. The molecule has 1 rings (SSSR count). The van der Waals surface area contributed by atoms with Gasteiger partial charge in [-0.1, -0.05) is 6.92 Å². The number of ether oxygens (including phenoxy) is 1. The Balaban J connectivity index is 0.000000636. The molecule has 0 radical (unpaired) electrons. The van der Waals surface area contributed by atoms with Gasteiger partial charge in [0.05, 0.1) is 12.2 Å². The smallest absolute Gasteiger partial charge is 0.463 e. The molecule has 27 heavy (non-hydrogen) atoms. The summed E-state index contributed by atoms with van der Waals surface area (Å²) in [5.41, 5.74) is -5.66. The maximum absolute atomic E-state index is 12.1. The van der Waals surface area contributed by atoms with Gasteiger partial charge in [0, 0.05) is 18.5 Å². The summed E-state index contributed by atoms with van der Waals surface area (Å²) in [6.45, 7) is 13.9. The minimum atomic E-state index is -5.73. The number of nitrogens with zero attached hydrogens (tertiary/aromatic N) is 1. The molecule has 10 heteroatoms. The molecule has 0 fully saturated rings. The topological polar surface area (TPSA) is 72.9 Å². The fourth-order valence-electron chi connectivity index (χ4n) is 2.75. The molecule has 0 aromatic rings. The molecule has 0 atom stereocenters. The van der Waals surface area contributed by atoms with Crippen LogP contribution >= 0.6 is 0 Å². The van der Waals surface area contributed by atoms with Crippen molar-refractivity contribution in [1.29, 1.82) is 0 Å². The van der Waals surface area contributed by atoms with Crippen LogP contribution in [0.1, 0.15) is 60.8 Å². The van der Waals surface area contributed by atoms with E-state index in [0.717, 1.165) is 6.54 Å². The SMILES string of the molecule is CCN(C(C)C)C(C)C.CCOC(=O)C1=C(OS(=O)(=O)C(F)(F)F)CCC1. The maximum atomic E-state index is 12.1. The first-order valence-corrected chi connectivity index (χ1v) is 10.3. The molecule has 160 valence electrons. The Morgan fingerprint density at radius 2 is 1.63 bits per heavy atom. The van der Waals surface area contributed by atoms with E-state index in [-0.39, 0.29) is 25.0 Å². The van der Waals surface area contributed by atoms with Gasteiger partial charge in [0.15, 0.2) is 0 Å². The van der Waals surface area contributed by atoms with Gasteiger partial charge in [0.25, 0.3) is 0 Å². The summed E-state index contributed by atoms with van der Waals surface area (Å²) < 4.78 is 66.5. The predicted molar refractivity (Wildman–Crippen MR) is 96.2 cm³/mol. The summed E-state index contributed by atoms with van der Waals surface area (Å²) >= 11 is 0. The monoisotopic (exact) mass is 417 g/mol. The molecule has 0 saturated carbocycles. The van der Waals surface area contributed by atoms with Crippen molar-refractivity contribution in [3.63, 3.8) is 0 Å². The van der Waals surface area contributed by atoms with Gasteiger partial charge in [-0.3, -0.25) is 4.90 Å². The van der Waals surface area contributed by atoms with Gasteiger partial charge in [-0.25, -0.2) is 4.79 Å². The van der Waals surface area contributed by atoms with E-state index in [4.69, 9.17) is 0 Å². The van der Waals surface area contributed by atoms with Crippen molar-refractivity contribution in [2.75, 3.05) is 13.2 Å².